The Bertz CT molecular complexity index is 623. The van der Waals surface area contributed by atoms with Gasteiger partial charge in [0.2, 0.25) is 0 Å². The first-order valence-electron chi connectivity index (χ1n) is 5.36. The molecule has 1 aromatic carbocycles. The molecule has 1 heterocycles. The minimum atomic E-state index is -1.09. The zero-order valence-electron chi connectivity index (χ0n) is 9.70. The molecule has 0 atom stereocenters. The van der Waals surface area contributed by atoms with E-state index in [1.807, 2.05) is 0 Å². The van der Waals surface area contributed by atoms with Crippen LogP contribution < -0.4 is 5.32 Å². The first kappa shape index (κ1) is 12.6. The van der Waals surface area contributed by atoms with Crippen molar-refractivity contribution in [2.24, 2.45) is 0 Å². The fraction of sp³-hybridized carbons (Fsp3) is 0. The molecule has 0 bridgehead atoms. The molecule has 0 radical (unpaired) electrons. The molecule has 6 nitrogen and oxygen atoms in total. The van der Waals surface area contributed by atoms with Gasteiger partial charge in [-0.05, 0) is 36.4 Å². The third-order valence-corrected chi connectivity index (χ3v) is 2.38. The number of hydrogen-bond donors (Lipinski definition) is 3. The molecule has 0 aliphatic carbocycles. The van der Waals surface area contributed by atoms with Gasteiger partial charge >= 0.3 is 5.97 Å². The van der Waals surface area contributed by atoms with Crippen molar-refractivity contribution in [2.45, 2.75) is 0 Å². The molecule has 96 valence electrons. The van der Waals surface area contributed by atoms with Crippen LogP contribution in [0.3, 0.4) is 0 Å². The van der Waals surface area contributed by atoms with Gasteiger partial charge in [0.25, 0.3) is 5.91 Å². The average molecular weight is 258 g/mol. The van der Waals surface area contributed by atoms with Crippen LogP contribution in [0.5, 0.6) is 5.75 Å². The number of nitrogens with zero attached hydrogens (tertiary/aromatic N) is 1. The predicted molar refractivity (Wildman–Crippen MR) is 67.3 cm³/mol. The standard InChI is InChI=1S/C13H10N2O4/c16-10-3-1-8(2-4-10)12(17)15-11-7-9(13(18)19)5-6-14-11/h1-7,16H,(H,18,19)(H,14,15,17). The molecule has 19 heavy (non-hydrogen) atoms. The van der Waals surface area contributed by atoms with Crippen LogP contribution in [0.4, 0.5) is 5.82 Å². The normalized spacial score (nSPS) is 9.89. The fourth-order valence-corrected chi connectivity index (χ4v) is 1.43. The van der Waals surface area contributed by atoms with Crippen LogP contribution in [-0.2, 0) is 0 Å². The molecule has 0 saturated heterocycles. The summed E-state index contributed by atoms with van der Waals surface area (Å²) in [7, 11) is 0. The highest BCUT2D eigenvalue weighted by atomic mass is 16.4. The van der Waals surface area contributed by atoms with Crippen LogP contribution in [0.1, 0.15) is 20.7 Å². The Labute approximate surface area is 108 Å². The third kappa shape index (κ3) is 3.06. The third-order valence-electron chi connectivity index (χ3n) is 2.38. The van der Waals surface area contributed by atoms with Crippen LogP contribution in [0, 0.1) is 0 Å². The minimum absolute atomic E-state index is 0.0380. The van der Waals surface area contributed by atoms with Crippen molar-refractivity contribution >= 4 is 17.7 Å². The number of phenols is 1. The average Bonchev–Trinajstić information content (AvgIpc) is 2.39. The summed E-state index contributed by atoms with van der Waals surface area (Å²) in [6, 6.07) is 8.27. The maximum atomic E-state index is 11.8. The maximum absolute atomic E-state index is 11.8. The van der Waals surface area contributed by atoms with Gasteiger partial charge in [0.1, 0.15) is 11.6 Å². The van der Waals surface area contributed by atoms with Gasteiger partial charge < -0.3 is 15.5 Å². The van der Waals surface area contributed by atoms with E-state index < -0.39 is 11.9 Å². The van der Waals surface area contributed by atoms with E-state index in [9.17, 15) is 9.59 Å². The van der Waals surface area contributed by atoms with Crippen LogP contribution in [-0.4, -0.2) is 27.1 Å². The van der Waals surface area contributed by atoms with E-state index in [-0.39, 0.29) is 17.1 Å². The molecule has 0 fully saturated rings. The smallest absolute Gasteiger partial charge is 0.335 e. The van der Waals surface area contributed by atoms with Crippen LogP contribution in [0.25, 0.3) is 0 Å². The summed E-state index contributed by atoms with van der Waals surface area (Å²) in [5.74, 6) is -1.32. The van der Waals surface area contributed by atoms with Gasteiger partial charge in [0.15, 0.2) is 0 Å². The van der Waals surface area contributed by atoms with Crippen LogP contribution in [0.2, 0.25) is 0 Å². The molecule has 0 aliphatic heterocycles. The number of carboxylic acid groups (broad SMARTS) is 1. The molecule has 0 saturated carbocycles. The van der Waals surface area contributed by atoms with Crippen molar-refractivity contribution < 1.29 is 19.8 Å². The van der Waals surface area contributed by atoms with Crippen molar-refractivity contribution in [1.29, 1.82) is 0 Å². The summed E-state index contributed by atoms with van der Waals surface area (Å²) in [4.78, 5) is 26.5. The lowest BCUT2D eigenvalue weighted by Gasteiger charge is -2.05. The van der Waals surface area contributed by atoms with Crippen molar-refractivity contribution in [3.8, 4) is 5.75 Å². The number of aromatic nitrogens is 1. The van der Waals surface area contributed by atoms with E-state index >= 15 is 0 Å². The predicted octanol–water partition coefficient (Wildman–Crippen LogP) is 1.74. The minimum Gasteiger partial charge on any atom is -0.508 e. The number of carbonyl (C=O) groups excluding carboxylic acids is 1. The second kappa shape index (κ2) is 5.18. The molecule has 1 aromatic heterocycles. The number of benzene rings is 1. The molecule has 0 aliphatic rings. The van der Waals surface area contributed by atoms with Gasteiger partial charge in [-0.2, -0.15) is 0 Å². The van der Waals surface area contributed by atoms with Crippen molar-refractivity contribution in [1.82, 2.24) is 4.98 Å². The van der Waals surface area contributed by atoms with E-state index in [1.54, 1.807) is 0 Å². The number of phenolic OH excluding ortho intramolecular Hbond substituents is 1. The number of anilines is 1. The summed E-state index contributed by atoms with van der Waals surface area (Å²) >= 11 is 0. The van der Waals surface area contributed by atoms with Crippen LogP contribution >= 0.6 is 0 Å². The number of aromatic hydroxyl groups is 1. The lowest BCUT2D eigenvalue weighted by molar-refractivity contribution is 0.0696. The largest absolute Gasteiger partial charge is 0.508 e. The Morgan fingerprint density at radius 3 is 2.37 bits per heavy atom. The van der Waals surface area contributed by atoms with E-state index in [2.05, 4.69) is 10.3 Å². The first-order chi connectivity index (χ1) is 9.06. The quantitative estimate of drug-likeness (QED) is 0.778. The number of carboxylic acids is 1. The number of hydrogen-bond acceptors (Lipinski definition) is 4. The second-order valence-electron chi connectivity index (χ2n) is 3.74. The maximum Gasteiger partial charge on any atom is 0.335 e. The monoisotopic (exact) mass is 258 g/mol. The second-order valence-corrected chi connectivity index (χ2v) is 3.74. The van der Waals surface area contributed by atoms with Crippen LogP contribution in [0.15, 0.2) is 42.6 Å². The zero-order valence-corrected chi connectivity index (χ0v) is 9.70. The summed E-state index contributed by atoms with van der Waals surface area (Å²) in [6.07, 6.45) is 1.30. The SMILES string of the molecule is O=C(O)c1ccnc(NC(=O)c2ccc(O)cc2)c1. The van der Waals surface area contributed by atoms with Gasteiger partial charge in [0.05, 0.1) is 5.56 Å². The summed E-state index contributed by atoms with van der Waals surface area (Å²) in [5, 5.41) is 20.4. The Hall–Kier alpha value is -2.89. The molecule has 2 aromatic rings. The molecule has 0 spiro atoms. The lowest BCUT2D eigenvalue weighted by atomic mass is 10.2. The molecular weight excluding hydrogens is 248 g/mol. The summed E-state index contributed by atoms with van der Waals surface area (Å²) in [5.41, 5.74) is 0.372. The summed E-state index contributed by atoms with van der Waals surface area (Å²) in [6.45, 7) is 0. The number of rotatable bonds is 3. The highest BCUT2D eigenvalue weighted by Gasteiger charge is 2.09. The number of nitrogens with one attached hydrogen (secondary N) is 1. The molecule has 3 N–H and O–H groups in total. The summed E-state index contributed by atoms with van der Waals surface area (Å²) < 4.78 is 0. The van der Waals surface area contributed by atoms with Gasteiger partial charge in [-0.3, -0.25) is 4.79 Å². The number of aromatic carboxylic acids is 1. The molecule has 1 amide bonds. The molecule has 2 rings (SSSR count). The van der Waals surface area contributed by atoms with Gasteiger partial charge in [-0.25, -0.2) is 9.78 Å². The topological polar surface area (TPSA) is 99.5 Å². The van der Waals surface area contributed by atoms with Crippen molar-refractivity contribution in [3.63, 3.8) is 0 Å². The van der Waals surface area contributed by atoms with E-state index in [0.717, 1.165) is 0 Å². The Morgan fingerprint density at radius 2 is 1.74 bits per heavy atom. The number of carbonyl (C=O) groups is 2. The van der Waals surface area contributed by atoms with Gasteiger partial charge in [-0.1, -0.05) is 0 Å². The first-order valence-corrected chi connectivity index (χ1v) is 5.36. The van der Waals surface area contributed by atoms with E-state index in [4.69, 9.17) is 10.2 Å². The highest BCUT2D eigenvalue weighted by Crippen LogP contribution is 2.12. The molecule has 6 heteroatoms. The number of pyridine rings is 1. The Balaban J connectivity index is 2.17. The lowest BCUT2D eigenvalue weighted by Crippen LogP contribution is -2.13. The molecular formula is C13H10N2O4. The zero-order chi connectivity index (χ0) is 13.8. The highest BCUT2D eigenvalue weighted by molar-refractivity contribution is 6.04. The Morgan fingerprint density at radius 1 is 1.05 bits per heavy atom. The van der Waals surface area contributed by atoms with Crippen molar-refractivity contribution in [3.05, 3.63) is 53.7 Å². The van der Waals surface area contributed by atoms with Gasteiger partial charge in [-0.15, -0.1) is 0 Å². The van der Waals surface area contributed by atoms with E-state index in [0.29, 0.717) is 5.56 Å². The van der Waals surface area contributed by atoms with E-state index in [1.165, 1.54) is 42.6 Å². The Kier molecular flexibility index (Phi) is 3.42. The fourth-order valence-electron chi connectivity index (χ4n) is 1.43. The van der Waals surface area contributed by atoms with Gasteiger partial charge in [0, 0.05) is 11.8 Å². The molecule has 0 unspecified atom stereocenters. The van der Waals surface area contributed by atoms with Crippen molar-refractivity contribution in [2.75, 3.05) is 5.32 Å². The number of amides is 1.